The first kappa shape index (κ1) is 32.2. The lowest BCUT2D eigenvalue weighted by atomic mass is 9.98. The zero-order valence-electron chi connectivity index (χ0n) is 23.2. The molecule has 2 heterocycles. The van der Waals surface area contributed by atoms with Gasteiger partial charge in [-0.15, -0.1) is 0 Å². The van der Waals surface area contributed by atoms with Crippen LogP contribution in [0.15, 0.2) is 30.3 Å². The van der Waals surface area contributed by atoms with Crippen LogP contribution in [0.3, 0.4) is 0 Å². The first-order valence-electron chi connectivity index (χ1n) is 13.6. The second kappa shape index (κ2) is 14.6. The summed E-state index contributed by atoms with van der Waals surface area (Å²) in [6.07, 6.45) is 7.63. The molecule has 1 fully saturated rings. The number of hydroxylamine groups is 1. The molecule has 0 aliphatic carbocycles. The second-order valence-electron chi connectivity index (χ2n) is 10.5. The van der Waals surface area contributed by atoms with Crippen molar-refractivity contribution in [1.82, 2.24) is 10.4 Å². The fraction of sp³-hybridized carbons (Fsp3) is 0.607. The number of carbonyl (C=O) groups excluding carboxylic acids is 1. The predicted octanol–water partition coefficient (Wildman–Crippen LogP) is 2.95. The number of hydrogen-bond donors (Lipinski definition) is 2. The fourth-order valence-electron chi connectivity index (χ4n) is 4.48. The molecule has 10 nitrogen and oxygen atoms in total. The third kappa shape index (κ3) is 9.98. The monoisotopic (exact) mass is 596 g/mol. The van der Waals surface area contributed by atoms with E-state index in [-0.39, 0.29) is 12.2 Å². The Morgan fingerprint density at radius 2 is 1.95 bits per heavy atom. The fourth-order valence-corrected chi connectivity index (χ4v) is 5.89. The molecule has 2 aliphatic rings. The first-order valence-corrected chi connectivity index (χ1v) is 17.1. The van der Waals surface area contributed by atoms with Crippen LogP contribution < -0.4 is 5.48 Å². The largest absolute Gasteiger partial charge is 0.350 e. The lowest BCUT2D eigenvalue weighted by Gasteiger charge is -2.32. The van der Waals surface area contributed by atoms with Gasteiger partial charge in [0.2, 0.25) is 0 Å². The molecule has 2 N–H and O–H groups in total. The Morgan fingerprint density at radius 3 is 2.55 bits per heavy atom. The molecule has 0 spiro atoms. The molecule has 12 heteroatoms. The molecule has 0 saturated carbocycles. The third-order valence-electron chi connectivity index (χ3n) is 7.36. The molecule has 1 aromatic rings. The Kier molecular flexibility index (Phi) is 11.7. The number of carbonyl (C=O) groups is 1. The van der Waals surface area contributed by atoms with Crippen molar-refractivity contribution >= 4 is 31.4 Å². The van der Waals surface area contributed by atoms with Gasteiger partial charge >= 0.3 is 0 Å². The quantitative estimate of drug-likeness (QED) is 0.161. The molecule has 40 heavy (non-hydrogen) atoms. The zero-order valence-corrected chi connectivity index (χ0v) is 24.9. The van der Waals surface area contributed by atoms with Crippen molar-refractivity contribution in [2.45, 2.75) is 69.3 Å². The summed E-state index contributed by atoms with van der Waals surface area (Å²) in [6.45, 7) is 3.83. The van der Waals surface area contributed by atoms with Gasteiger partial charge in [-0.3, -0.25) is 14.2 Å². The van der Waals surface area contributed by atoms with Crippen LogP contribution in [0.2, 0.25) is 0 Å². The van der Waals surface area contributed by atoms with Gasteiger partial charge in [0, 0.05) is 50.9 Å². The van der Waals surface area contributed by atoms with Crippen LogP contribution >= 0.6 is 0 Å². The van der Waals surface area contributed by atoms with Crippen LogP contribution in [0.1, 0.15) is 69.4 Å². The topological polar surface area (TPSA) is 139 Å². The van der Waals surface area contributed by atoms with Gasteiger partial charge in [-0.2, -0.15) is 8.42 Å². The molecule has 0 aromatic heterocycles. The number of nitrogens with one attached hydrogen (secondary N) is 1. The smallest absolute Gasteiger partial charge is 0.264 e. The van der Waals surface area contributed by atoms with Gasteiger partial charge < -0.3 is 4.74 Å². The van der Waals surface area contributed by atoms with E-state index >= 15 is 0 Å². The highest BCUT2D eigenvalue weighted by atomic mass is 32.2. The van der Waals surface area contributed by atoms with E-state index in [2.05, 4.69) is 28.3 Å². The number of amides is 1. The van der Waals surface area contributed by atoms with Crippen molar-refractivity contribution < 1.29 is 35.8 Å². The van der Waals surface area contributed by atoms with Gasteiger partial charge in [-0.1, -0.05) is 30.0 Å². The lowest BCUT2D eigenvalue weighted by Crippen LogP contribution is -2.52. The van der Waals surface area contributed by atoms with E-state index < -0.39 is 36.9 Å². The van der Waals surface area contributed by atoms with E-state index in [0.717, 1.165) is 43.2 Å². The number of unbranched alkanes of at least 4 members (excludes halogenated alkanes) is 2. The number of rotatable bonds is 12. The van der Waals surface area contributed by atoms with Crippen LogP contribution in [0.5, 0.6) is 0 Å². The van der Waals surface area contributed by atoms with Crippen molar-refractivity contribution in [2.75, 3.05) is 38.2 Å². The lowest BCUT2D eigenvalue weighted by molar-refractivity contribution is -0.201. The van der Waals surface area contributed by atoms with Gasteiger partial charge in [-0.25, -0.2) is 18.7 Å². The van der Waals surface area contributed by atoms with E-state index in [9.17, 15) is 21.6 Å². The van der Waals surface area contributed by atoms with Gasteiger partial charge in [0.1, 0.15) is 0 Å². The Morgan fingerprint density at radius 1 is 1.20 bits per heavy atom. The Labute approximate surface area is 238 Å². The minimum absolute atomic E-state index is 0.138. The molecule has 2 aliphatic heterocycles. The predicted molar refractivity (Wildman–Crippen MR) is 153 cm³/mol. The summed E-state index contributed by atoms with van der Waals surface area (Å²) in [5.41, 5.74) is 5.50. The highest BCUT2D eigenvalue weighted by Crippen LogP contribution is 2.26. The van der Waals surface area contributed by atoms with Crippen molar-refractivity contribution in [3.8, 4) is 11.8 Å². The van der Waals surface area contributed by atoms with E-state index in [1.165, 1.54) is 12.5 Å². The standard InChI is InChI=1S/C28H40N2O8S2/c1-28(39(2,32)33,27(31)29-38-26-10-6-7-21-37-26)17-20-30-18-15-25(16-19-30)24-13-11-23(12-14-24)9-5-3-4-8-22-40(34,35)36/h11-15,26H,3-4,6-8,10,16-22H2,1-2H3,(H,29,31)(H,34,35,36). The number of nitrogens with zero attached hydrogens (tertiary/aromatic N) is 1. The molecular formula is C28H40N2O8S2. The van der Waals surface area contributed by atoms with E-state index in [0.29, 0.717) is 45.4 Å². The molecule has 1 amide bonds. The minimum atomic E-state index is -3.91. The molecule has 3 rings (SSSR count). The van der Waals surface area contributed by atoms with Crippen molar-refractivity contribution in [2.24, 2.45) is 0 Å². The Balaban J connectivity index is 1.49. The maximum atomic E-state index is 12.9. The molecular weight excluding hydrogens is 556 g/mol. The van der Waals surface area contributed by atoms with Crippen LogP contribution in [-0.4, -0.2) is 81.5 Å². The molecule has 222 valence electrons. The van der Waals surface area contributed by atoms with Gasteiger partial charge in [0.25, 0.3) is 16.0 Å². The van der Waals surface area contributed by atoms with Crippen LogP contribution in [-0.2, 0) is 34.3 Å². The Bertz CT molecular complexity index is 1310. The van der Waals surface area contributed by atoms with Gasteiger partial charge in [0.15, 0.2) is 20.9 Å². The molecule has 2 atom stereocenters. The van der Waals surface area contributed by atoms with Crippen LogP contribution in [0.4, 0.5) is 0 Å². The highest BCUT2D eigenvalue weighted by Gasteiger charge is 2.44. The first-order chi connectivity index (χ1) is 18.9. The summed E-state index contributed by atoms with van der Waals surface area (Å²) in [6, 6.07) is 7.94. The normalized spacial score (nSPS) is 20.1. The Hall–Kier alpha value is -2.27. The van der Waals surface area contributed by atoms with Crippen molar-refractivity contribution in [1.29, 1.82) is 0 Å². The number of ether oxygens (including phenoxy) is 1. The summed E-state index contributed by atoms with van der Waals surface area (Å²) < 4.78 is 59.3. The second-order valence-corrected chi connectivity index (χ2v) is 14.5. The van der Waals surface area contributed by atoms with Gasteiger partial charge in [0.05, 0.1) is 5.75 Å². The summed E-state index contributed by atoms with van der Waals surface area (Å²) in [7, 11) is -7.63. The maximum absolute atomic E-state index is 12.9. The maximum Gasteiger partial charge on any atom is 0.264 e. The number of sulfone groups is 1. The van der Waals surface area contributed by atoms with Gasteiger partial charge in [-0.05, 0) is 68.7 Å². The summed E-state index contributed by atoms with van der Waals surface area (Å²) >= 11 is 0. The summed E-state index contributed by atoms with van der Waals surface area (Å²) in [5.74, 6) is 5.18. The summed E-state index contributed by atoms with van der Waals surface area (Å²) in [4.78, 5) is 20.4. The van der Waals surface area contributed by atoms with Crippen LogP contribution in [0, 0.1) is 11.8 Å². The molecule has 1 aromatic carbocycles. The molecule has 0 radical (unpaired) electrons. The minimum Gasteiger partial charge on any atom is -0.350 e. The van der Waals surface area contributed by atoms with Crippen molar-refractivity contribution in [3.63, 3.8) is 0 Å². The number of benzene rings is 1. The number of hydrogen-bond acceptors (Lipinski definition) is 8. The molecule has 1 saturated heterocycles. The van der Waals surface area contributed by atoms with E-state index in [1.54, 1.807) is 0 Å². The summed E-state index contributed by atoms with van der Waals surface area (Å²) in [5, 5.41) is 0. The SMILES string of the molecule is CC(CCN1CC=C(c2ccc(C#CCCCCS(=O)(=O)O)cc2)CC1)(C(=O)NOC1CCCCO1)S(C)(=O)=O. The van der Waals surface area contributed by atoms with Crippen LogP contribution in [0.25, 0.3) is 5.57 Å². The third-order valence-corrected chi connectivity index (χ3v) is 10.2. The highest BCUT2D eigenvalue weighted by molar-refractivity contribution is 7.92. The van der Waals surface area contributed by atoms with Crippen molar-refractivity contribution in [3.05, 3.63) is 41.5 Å². The average Bonchev–Trinajstić information content (AvgIpc) is 2.92. The van der Waals surface area contributed by atoms with E-state index in [4.69, 9.17) is 14.1 Å². The molecule has 0 bridgehead atoms. The molecule has 2 unspecified atom stereocenters. The van der Waals surface area contributed by atoms with E-state index in [1.807, 2.05) is 24.3 Å². The average molecular weight is 597 g/mol. The zero-order chi connectivity index (χ0) is 29.2.